The zero-order valence-electron chi connectivity index (χ0n) is 18.2. The molecule has 0 radical (unpaired) electrons. The Morgan fingerprint density at radius 3 is 2.53 bits per heavy atom. The number of thiophene rings is 1. The molecular weight excluding hydrogens is 454 g/mol. The number of hydrogen-bond donors (Lipinski definition) is 1. The van der Waals surface area contributed by atoms with Crippen LogP contribution in [-0.2, 0) is 14.4 Å². The summed E-state index contributed by atoms with van der Waals surface area (Å²) >= 11 is 1.25. The van der Waals surface area contributed by atoms with Gasteiger partial charge in [0.1, 0.15) is 23.2 Å². The molecule has 0 fully saturated rings. The summed E-state index contributed by atoms with van der Waals surface area (Å²) < 4.78 is 6.98. The number of nitrogens with one attached hydrogen (secondary N) is 1. The maximum Gasteiger partial charge on any atom is 0.341 e. The first-order valence-corrected chi connectivity index (χ1v) is 11.3. The summed E-state index contributed by atoms with van der Waals surface area (Å²) in [7, 11) is 0. The Morgan fingerprint density at radius 1 is 1.09 bits per heavy atom. The van der Waals surface area contributed by atoms with E-state index in [-0.39, 0.29) is 13.2 Å². The van der Waals surface area contributed by atoms with Crippen molar-refractivity contribution >= 4 is 34.4 Å². The van der Waals surface area contributed by atoms with E-state index >= 15 is 0 Å². The van der Waals surface area contributed by atoms with E-state index in [0.29, 0.717) is 16.1 Å². The highest BCUT2D eigenvalue weighted by Crippen LogP contribution is 2.36. The van der Waals surface area contributed by atoms with Crippen LogP contribution >= 0.6 is 11.3 Å². The molecule has 4 rings (SSSR count). The van der Waals surface area contributed by atoms with Crippen molar-refractivity contribution < 1.29 is 19.2 Å². The summed E-state index contributed by atoms with van der Waals surface area (Å²) in [5, 5.41) is 16.3. The average molecular weight is 476 g/mol. The van der Waals surface area contributed by atoms with Crippen LogP contribution in [0.3, 0.4) is 0 Å². The van der Waals surface area contributed by atoms with Crippen LogP contribution in [0.1, 0.15) is 22.8 Å². The summed E-state index contributed by atoms with van der Waals surface area (Å²) in [4.78, 5) is 30.1. The van der Waals surface area contributed by atoms with Crippen molar-refractivity contribution in [1.29, 1.82) is 0 Å². The van der Waals surface area contributed by atoms with E-state index in [9.17, 15) is 9.59 Å². The summed E-state index contributed by atoms with van der Waals surface area (Å²) in [5.74, 6) is -0.932. The van der Waals surface area contributed by atoms with Crippen molar-refractivity contribution in [2.45, 2.75) is 6.92 Å². The predicted octanol–water partition coefficient (Wildman–Crippen LogP) is 4.16. The number of ether oxygens (including phenoxy) is 1. The molecule has 0 saturated heterocycles. The summed E-state index contributed by atoms with van der Waals surface area (Å²) in [6, 6.07) is 16.9. The third kappa shape index (κ3) is 5.54. The van der Waals surface area contributed by atoms with Crippen LogP contribution in [-0.4, -0.2) is 46.1 Å². The number of aromatic nitrogens is 3. The molecule has 34 heavy (non-hydrogen) atoms. The van der Waals surface area contributed by atoms with Crippen molar-refractivity contribution in [2.24, 2.45) is 5.16 Å². The second-order valence-electron chi connectivity index (χ2n) is 6.96. The summed E-state index contributed by atoms with van der Waals surface area (Å²) in [6.07, 6.45) is 4.72. The summed E-state index contributed by atoms with van der Waals surface area (Å²) in [6.45, 7) is 1.66. The standard InChI is InChI=1S/C24H21N5O4S/c1-2-32-24(31)22-20(18-6-4-3-5-7-18)14-34-23(22)28-21(30)13-33-27-12-17-8-10-19(11-9-17)29-15-25-26-16-29/h3-12,14-16H,2,13H2,1H3,(H,28,30). The van der Waals surface area contributed by atoms with Gasteiger partial charge in [0.25, 0.3) is 5.91 Å². The number of oxime groups is 1. The highest BCUT2D eigenvalue weighted by atomic mass is 32.1. The van der Waals surface area contributed by atoms with E-state index in [1.54, 1.807) is 24.1 Å². The van der Waals surface area contributed by atoms with Gasteiger partial charge in [-0.1, -0.05) is 47.6 Å². The van der Waals surface area contributed by atoms with Gasteiger partial charge in [0.2, 0.25) is 0 Å². The quantitative estimate of drug-likeness (QED) is 0.221. The van der Waals surface area contributed by atoms with Crippen molar-refractivity contribution in [1.82, 2.24) is 14.8 Å². The first-order chi connectivity index (χ1) is 16.7. The van der Waals surface area contributed by atoms with Crippen molar-refractivity contribution in [3.05, 3.63) is 83.8 Å². The van der Waals surface area contributed by atoms with Gasteiger partial charge in [-0.2, -0.15) is 0 Å². The van der Waals surface area contributed by atoms with Gasteiger partial charge < -0.3 is 14.9 Å². The molecular formula is C24H21N5O4S. The highest BCUT2D eigenvalue weighted by molar-refractivity contribution is 7.15. The van der Waals surface area contributed by atoms with Gasteiger partial charge in [0.05, 0.1) is 12.8 Å². The molecule has 172 valence electrons. The van der Waals surface area contributed by atoms with Crippen molar-refractivity contribution in [3.63, 3.8) is 0 Å². The molecule has 1 N–H and O–H groups in total. The van der Waals surface area contributed by atoms with Gasteiger partial charge in [-0.15, -0.1) is 21.5 Å². The molecule has 4 aromatic rings. The Labute approximate surface area is 199 Å². The van der Waals surface area contributed by atoms with E-state index < -0.39 is 11.9 Å². The van der Waals surface area contributed by atoms with E-state index in [0.717, 1.165) is 16.8 Å². The number of esters is 1. The molecule has 0 aliphatic rings. The van der Waals surface area contributed by atoms with Crippen LogP contribution in [0.4, 0.5) is 5.00 Å². The maximum atomic E-state index is 12.6. The number of carbonyl (C=O) groups excluding carboxylic acids is 2. The lowest BCUT2D eigenvalue weighted by Gasteiger charge is -2.08. The molecule has 0 spiro atoms. The lowest BCUT2D eigenvalue weighted by molar-refractivity contribution is -0.120. The lowest BCUT2D eigenvalue weighted by Crippen LogP contribution is -2.18. The number of rotatable bonds is 9. The average Bonchev–Trinajstić information content (AvgIpc) is 3.54. The molecule has 2 aromatic heterocycles. The van der Waals surface area contributed by atoms with Gasteiger partial charge in [-0.3, -0.25) is 9.36 Å². The third-order valence-corrected chi connectivity index (χ3v) is 5.59. The topological polar surface area (TPSA) is 108 Å². The molecule has 1 amide bonds. The maximum absolute atomic E-state index is 12.6. The Hall–Kier alpha value is -4.31. The SMILES string of the molecule is CCOC(=O)c1c(-c2ccccc2)csc1NC(=O)CON=Cc1ccc(-n2cnnc2)cc1. The van der Waals surface area contributed by atoms with Crippen molar-refractivity contribution in [3.8, 4) is 16.8 Å². The van der Waals surface area contributed by atoms with Crippen LogP contribution in [0.25, 0.3) is 16.8 Å². The number of nitrogens with zero attached hydrogens (tertiary/aromatic N) is 4. The van der Waals surface area contributed by atoms with E-state index in [4.69, 9.17) is 9.57 Å². The molecule has 10 heteroatoms. The summed E-state index contributed by atoms with van der Waals surface area (Å²) in [5.41, 5.74) is 3.59. The van der Waals surface area contributed by atoms with Crippen LogP contribution < -0.4 is 5.32 Å². The molecule has 0 saturated carbocycles. The van der Waals surface area contributed by atoms with Gasteiger partial charge in [0.15, 0.2) is 6.61 Å². The zero-order chi connectivity index (χ0) is 23.8. The third-order valence-electron chi connectivity index (χ3n) is 4.69. The molecule has 0 bridgehead atoms. The monoisotopic (exact) mass is 475 g/mol. The highest BCUT2D eigenvalue weighted by Gasteiger charge is 2.22. The molecule has 0 aliphatic carbocycles. The number of amides is 1. The Bertz CT molecular complexity index is 1270. The molecule has 2 heterocycles. The molecule has 0 unspecified atom stereocenters. The zero-order valence-corrected chi connectivity index (χ0v) is 19.1. The van der Waals surface area contributed by atoms with Gasteiger partial charge >= 0.3 is 5.97 Å². The normalized spacial score (nSPS) is 10.9. The molecule has 9 nitrogen and oxygen atoms in total. The molecule has 2 aromatic carbocycles. The van der Waals surface area contributed by atoms with E-state index in [1.165, 1.54) is 17.6 Å². The number of carbonyl (C=O) groups is 2. The number of anilines is 1. The fourth-order valence-electron chi connectivity index (χ4n) is 3.11. The Morgan fingerprint density at radius 2 is 1.82 bits per heavy atom. The first kappa shape index (κ1) is 22.9. The fourth-order valence-corrected chi connectivity index (χ4v) is 4.08. The van der Waals surface area contributed by atoms with Crippen LogP contribution in [0, 0.1) is 0 Å². The van der Waals surface area contributed by atoms with E-state index in [1.807, 2.05) is 60.0 Å². The minimum Gasteiger partial charge on any atom is -0.462 e. The molecule has 0 atom stereocenters. The number of hydrogen-bond acceptors (Lipinski definition) is 8. The van der Waals surface area contributed by atoms with Gasteiger partial charge in [-0.05, 0) is 30.2 Å². The first-order valence-electron chi connectivity index (χ1n) is 10.4. The predicted molar refractivity (Wildman–Crippen MR) is 129 cm³/mol. The smallest absolute Gasteiger partial charge is 0.341 e. The van der Waals surface area contributed by atoms with E-state index in [2.05, 4.69) is 20.7 Å². The number of benzene rings is 2. The van der Waals surface area contributed by atoms with Crippen LogP contribution in [0.5, 0.6) is 0 Å². The van der Waals surface area contributed by atoms with Gasteiger partial charge in [0, 0.05) is 16.6 Å². The van der Waals surface area contributed by atoms with Crippen molar-refractivity contribution in [2.75, 3.05) is 18.5 Å². The second-order valence-corrected chi connectivity index (χ2v) is 7.84. The Balaban J connectivity index is 1.37. The Kier molecular flexibility index (Phi) is 7.41. The minimum absolute atomic E-state index is 0.230. The van der Waals surface area contributed by atoms with Crippen LogP contribution in [0.2, 0.25) is 0 Å². The second kappa shape index (κ2) is 11.0. The fraction of sp³-hybridized carbons (Fsp3) is 0.125. The van der Waals surface area contributed by atoms with Crippen LogP contribution in [0.15, 0.2) is 77.8 Å². The largest absolute Gasteiger partial charge is 0.462 e. The molecule has 0 aliphatic heterocycles. The minimum atomic E-state index is -0.494. The van der Waals surface area contributed by atoms with Gasteiger partial charge in [-0.25, -0.2) is 4.79 Å². The lowest BCUT2D eigenvalue weighted by atomic mass is 10.0.